The third kappa shape index (κ3) is 5.54. The number of hydrogen-bond donors (Lipinski definition) is 1. The minimum Gasteiger partial charge on any atom is -0.484 e. The highest BCUT2D eigenvalue weighted by molar-refractivity contribution is 6.16. The van der Waals surface area contributed by atoms with Gasteiger partial charge in [0.25, 0.3) is 11.8 Å². The number of methoxy groups -OCH3 is 1. The molecule has 1 N–H and O–H groups in total. The van der Waals surface area contributed by atoms with Gasteiger partial charge in [0.15, 0.2) is 6.61 Å². The van der Waals surface area contributed by atoms with Gasteiger partial charge in [0, 0.05) is 11.7 Å². The summed E-state index contributed by atoms with van der Waals surface area (Å²) in [7, 11) is 1.30. The van der Waals surface area contributed by atoms with E-state index in [1.54, 1.807) is 42.2 Å². The minimum atomic E-state index is -0.545. The number of carbonyl (C=O) groups excluding carboxylic acids is 3. The van der Waals surface area contributed by atoms with Gasteiger partial charge in [-0.3, -0.25) is 9.59 Å². The van der Waals surface area contributed by atoms with E-state index in [1.165, 1.54) is 7.11 Å². The second-order valence-corrected chi connectivity index (χ2v) is 8.34. The normalized spacial score (nSPS) is 15.6. The molecule has 1 aliphatic heterocycles. The van der Waals surface area contributed by atoms with Crippen LogP contribution in [-0.4, -0.2) is 42.4 Å². The number of allylic oxidation sites excluding steroid dienone is 1. The first-order valence-electron chi connectivity index (χ1n) is 11.1. The molecule has 7 heteroatoms. The van der Waals surface area contributed by atoms with Crippen LogP contribution in [0.1, 0.15) is 44.9 Å². The molecule has 0 aromatic heterocycles. The van der Waals surface area contributed by atoms with Crippen molar-refractivity contribution in [3.63, 3.8) is 0 Å². The fourth-order valence-electron chi connectivity index (χ4n) is 3.90. The fraction of sp³-hybridized carbons (Fsp3) is 0.296. The summed E-state index contributed by atoms with van der Waals surface area (Å²) in [5.41, 5.74) is 2.87. The van der Waals surface area contributed by atoms with Crippen LogP contribution in [0.15, 0.2) is 71.4 Å². The standard InChI is InChI=1S/C27H30N2O5/c1-17(2)29-19(4)25(27(32)33-5)23(26(29)31)15-20-11-13-22(14-12-20)34-16-24(30)28-18(3)21-9-7-6-8-10-21/h6-15,17-18H,16H2,1-5H3,(H,28,30)/b23-15-/t18-/m1/s1. The highest BCUT2D eigenvalue weighted by Gasteiger charge is 2.38. The Bertz CT molecular complexity index is 1120. The van der Waals surface area contributed by atoms with Crippen LogP contribution in [0.3, 0.4) is 0 Å². The molecule has 0 aliphatic carbocycles. The van der Waals surface area contributed by atoms with E-state index >= 15 is 0 Å². The van der Waals surface area contributed by atoms with Crippen LogP contribution in [-0.2, 0) is 19.1 Å². The largest absolute Gasteiger partial charge is 0.484 e. The quantitative estimate of drug-likeness (QED) is 0.473. The summed E-state index contributed by atoms with van der Waals surface area (Å²) in [4.78, 5) is 39.1. The Labute approximate surface area is 200 Å². The van der Waals surface area contributed by atoms with Crippen LogP contribution in [0.4, 0.5) is 0 Å². The van der Waals surface area contributed by atoms with Crippen molar-refractivity contribution in [1.29, 1.82) is 0 Å². The second-order valence-electron chi connectivity index (χ2n) is 8.34. The number of nitrogens with one attached hydrogen (secondary N) is 1. The summed E-state index contributed by atoms with van der Waals surface area (Å²) in [6.07, 6.45) is 1.67. The van der Waals surface area contributed by atoms with Gasteiger partial charge in [-0.2, -0.15) is 0 Å². The summed E-state index contributed by atoms with van der Waals surface area (Å²) in [6, 6.07) is 16.4. The zero-order valence-corrected chi connectivity index (χ0v) is 20.1. The molecule has 1 aliphatic rings. The van der Waals surface area contributed by atoms with Gasteiger partial charge in [0.05, 0.1) is 24.3 Å². The van der Waals surface area contributed by atoms with Crippen LogP contribution >= 0.6 is 0 Å². The van der Waals surface area contributed by atoms with E-state index in [2.05, 4.69) is 5.32 Å². The third-order valence-corrected chi connectivity index (χ3v) is 5.59. The number of esters is 1. The number of ether oxygens (including phenoxy) is 2. The molecule has 0 spiro atoms. The van der Waals surface area contributed by atoms with E-state index in [9.17, 15) is 14.4 Å². The van der Waals surface area contributed by atoms with E-state index in [0.29, 0.717) is 17.0 Å². The maximum atomic E-state index is 13.0. The van der Waals surface area contributed by atoms with Crippen molar-refractivity contribution in [2.75, 3.05) is 13.7 Å². The molecule has 0 bridgehead atoms. The van der Waals surface area contributed by atoms with Crippen molar-refractivity contribution in [3.05, 3.63) is 82.6 Å². The third-order valence-electron chi connectivity index (χ3n) is 5.59. The number of rotatable bonds is 8. The fourth-order valence-corrected chi connectivity index (χ4v) is 3.90. The Morgan fingerprint density at radius 2 is 1.68 bits per heavy atom. The molecular weight excluding hydrogens is 432 g/mol. The molecule has 2 aromatic rings. The van der Waals surface area contributed by atoms with Gasteiger partial charge in [-0.25, -0.2) is 4.79 Å². The molecule has 0 saturated carbocycles. The summed E-state index contributed by atoms with van der Waals surface area (Å²) in [6.45, 7) is 7.32. The maximum Gasteiger partial charge on any atom is 0.340 e. The predicted octanol–water partition coefficient (Wildman–Crippen LogP) is 4.02. The first kappa shape index (κ1) is 24.8. The molecule has 0 radical (unpaired) electrons. The van der Waals surface area contributed by atoms with Crippen molar-refractivity contribution in [3.8, 4) is 5.75 Å². The lowest BCUT2D eigenvalue weighted by Crippen LogP contribution is -2.31. The molecule has 7 nitrogen and oxygen atoms in total. The van der Waals surface area contributed by atoms with Gasteiger partial charge in [-0.15, -0.1) is 0 Å². The molecule has 0 unspecified atom stereocenters. The molecule has 1 heterocycles. The van der Waals surface area contributed by atoms with Gasteiger partial charge in [0.1, 0.15) is 5.75 Å². The van der Waals surface area contributed by atoms with E-state index < -0.39 is 5.97 Å². The number of nitrogens with zero attached hydrogens (tertiary/aromatic N) is 1. The predicted molar refractivity (Wildman–Crippen MR) is 130 cm³/mol. The van der Waals surface area contributed by atoms with E-state index in [0.717, 1.165) is 11.1 Å². The lowest BCUT2D eigenvalue weighted by Gasteiger charge is -2.22. The molecule has 2 aromatic carbocycles. The van der Waals surface area contributed by atoms with E-state index in [-0.39, 0.29) is 36.1 Å². The highest BCUT2D eigenvalue weighted by Crippen LogP contribution is 2.33. The summed E-state index contributed by atoms with van der Waals surface area (Å²) in [5.74, 6) is -0.490. The molecule has 178 valence electrons. The maximum absolute atomic E-state index is 13.0. The lowest BCUT2D eigenvalue weighted by molar-refractivity contribution is -0.136. The van der Waals surface area contributed by atoms with Gasteiger partial charge >= 0.3 is 5.97 Å². The van der Waals surface area contributed by atoms with Crippen molar-refractivity contribution in [2.45, 2.75) is 39.8 Å². The van der Waals surface area contributed by atoms with Crippen molar-refractivity contribution in [1.82, 2.24) is 10.2 Å². The van der Waals surface area contributed by atoms with Gasteiger partial charge in [-0.1, -0.05) is 42.5 Å². The SMILES string of the molecule is COC(=O)C1=C(C)N(C(C)C)C(=O)/C1=C\c1ccc(OCC(=O)N[C@H](C)c2ccccc2)cc1. The molecule has 2 amide bonds. The summed E-state index contributed by atoms with van der Waals surface area (Å²) in [5, 5.41) is 2.90. The average molecular weight is 463 g/mol. The Hall–Kier alpha value is -3.87. The molecule has 34 heavy (non-hydrogen) atoms. The Kier molecular flexibility index (Phi) is 7.89. The van der Waals surface area contributed by atoms with Crippen molar-refractivity contribution >= 4 is 23.9 Å². The number of benzene rings is 2. The summed E-state index contributed by atoms with van der Waals surface area (Å²) >= 11 is 0. The molecule has 1 atom stereocenters. The molecular formula is C27H30N2O5. The molecule has 0 saturated heterocycles. The Morgan fingerprint density at radius 1 is 1.03 bits per heavy atom. The van der Waals surface area contributed by atoms with Gasteiger partial charge in [-0.05, 0) is 57.0 Å². The van der Waals surface area contributed by atoms with Crippen LogP contribution < -0.4 is 10.1 Å². The van der Waals surface area contributed by atoms with Gasteiger partial charge < -0.3 is 19.7 Å². The van der Waals surface area contributed by atoms with Crippen LogP contribution in [0.2, 0.25) is 0 Å². The molecule has 0 fully saturated rings. The van der Waals surface area contributed by atoms with Crippen LogP contribution in [0.5, 0.6) is 5.75 Å². The second kappa shape index (κ2) is 10.8. The lowest BCUT2D eigenvalue weighted by atomic mass is 10.0. The summed E-state index contributed by atoms with van der Waals surface area (Å²) < 4.78 is 10.5. The van der Waals surface area contributed by atoms with E-state index in [4.69, 9.17) is 9.47 Å². The van der Waals surface area contributed by atoms with Crippen molar-refractivity contribution in [2.24, 2.45) is 0 Å². The minimum absolute atomic E-state index is 0.0930. The average Bonchev–Trinajstić information content (AvgIpc) is 3.07. The first-order valence-corrected chi connectivity index (χ1v) is 11.1. The first-order chi connectivity index (χ1) is 16.2. The number of hydrogen-bond acceptors (Lipinski definition) is 5. The Morgan fingerprint density at radius 3 is 2.26 bits per heavy atom. The smallest absolute Gasteiger partial charge is 0.340 e. The van der Waals surface area contributed by atoms with Crippen LogP contribution in [0, 0.1) is 0 Å². The number of amides is 2. The topological polar surface area (TPSA) is 84.9 Å². The zero-order chi connectivity index (χ0) is 24.8. The highest BCUT2D eigenvalue weighted by atomic mass is 16.5. The zero-order valence-electron chi connectivity index (χ0n) is 20.1. The van der Waals surface area contributed by atoms with E-state index in [1.807, 2.05) is 51.1 Å². The van der Waals surface area contributed by atoms with Crippen LogP contribution in [0.25, 0.3) is 6.08 Å². The Balaban J connectivity index is 1.67. The van der Waals surface area contributed by atoms with Gasteiger partial charge in [0.2, 0.25) is 0 Å². The monoisotopic (exact) mass is 462 g/mol. The number of carbonyl (C=O) groups is 3. The van der Waals surface area contributed by atoms with Crippen molar-refractivity contribution < 1.29 is 23.9 Å². The molecule has 3 rings (SSSR count).